The van der Waals surface area contributed by atoms with Gasteiger partial charge < -0.3 is 15.0 Å². The van der Waals surface area contributed by atoms with Crippen molar-refractivity contribution in [2.24, 2.45) is 5.92 Å². The Labute approximate surface area is 131 Å². The van der Waals surface area contributed by atoms with Gasteiger partial charge in [-0.15, -0.1) is 0 Å². The molecule has 0 aliphatic heterocycles. The van der Waals surface area contributed by atoms with Crippen molar-refractivity contribution in [3.05, 3.63) is 54.1 Å². The van der Waals surface area contributed by atoms with Gasteiger partial charge in [-0.3, -0.25) is 4.79 Å². The quantitative estimate of drug-likeness (QED) is 0.859. The summed E-state index contributed by atoms with van der Waals surface area (Å²) >= 11 is 0. The van der Waals surface area contributed by atoms with Crippen molar-refractivity contribution in [1.29, 1.82) is 0 Å². The lowest BCUT2D eigenvalue weighted by Gasteiger charge is -2.18. The van der Waals surface area contributed by atoms with Crippen LogP contribution in [0.3, 0.4) is 0 Å². The number of rotatable bonds is 6. The van der Waals surface area contributed by atoms with E-state index in [0.29, 0.717) is 11.7 Å². The lowest BCUT2D eigenvalue weighted by Crippen LogP contribution is -2.38. The highest BCUT2D eigenvalue weighted by atomic mass is 16.3. The van der Waals surface area contributed by atoms with Crippen LogP contribution in [0, 0.1) is 5.92 Å². The molecule has 0 radical (unpaired) electrons. The number of nitrogens with one attached hydrogen (secondary N) is 1. The zero-order chi connectivity index (χ0) is 16.1. The molecule has 2 unspecified atom stereocenters. The van der Waals surface area contributed by atoms with E-state index in [1.54, 1.807) is 17.0 Å². The van der Waals surface area contributed by atoms with Gasteiger partial charge >= 0.3 is 0 Å². The van der Waals surface area contributed by atoms with Crippen LogP contribution in [0.25, 0.3) is 0 Å². The Morgan fingerprint density at radius 3 is 2.59 bits per heavy atom. The molecule has 0 saturated carbocycles. The average Bonchev–Trinajstić information content (AvgIpc) is 2.95. The smallest absolute Gasteiger partial charge is 0.240 e. The highest BCUT2D eigenvalue weighted by Gasteiger charge is 2.18. The summed E-state index contributed by atoms with van der Waals surface area (Å²) in [6, 6.07) is 9.41. The van der Waals surface area contributed by atoms with Gasteiger partial charge in [0.25, 0.3) is 0 Å². The van der Waals surface area contributed by atoms with Crippen LogP contribution in [0.2, 0.25) is 0 Å². The fraction of sp³-hybridized carbons (Fsp3) is 0.412. The summed E-state index contributed by atoms with van der Waals surface area (Å²) in [7, 11) is 0. The van der Waals surface area contributed by atoms with Crippen LogP contribution in [0.1, 0.15) is 38.3 Å². The second-order valence-electron chi connectivity index (χ2n) is 5.83. The van der Waals surface area contributed by atoms with Crippen LogP contribution >= 0.6 is 0 Å². The van der Waals surface area contributed by atoms with Crippen LogP contribution in [0.5, 0.6) is 0 Å². The maximum Gasteiger partial charge on any atom is 0.240 e. The number of carbonyl (C=O) groups excluding carboxylic acids is 1. The Hall–Kier alpha value is -2.14. The minimum Gasteiger partial charge on any atom is -0.380 e. The van der Waals surface area contributed by atoms with Gasteiger partial charge in [0.15, 0.2) is 0 Å². The molecule has 5 heteroatoms. The minimum absolute atomic E-state index is 0.0827. The maximum atomic E-state index is 12.1. The molecule has 2 aromatic rings. The van der Waals surface area contributed by atoms with Crippen LogP contribution < -0.4 is 5.32 Å². The SMILES string of the molecule is CC(C)C(C)NC(=O)Cn1ccnc1C(O)c1ccccc1. The van der Waals surface area contributed by atoms with Crippen LogP contribution in [-0.2, 0) is 11.3 Å². The van der Waals surface area contributed by atoms with E-state index in [0.717, 1.165) is 5.56 Å². The molecule has 1 aromatic heterocycles. The number of aromatic nitrogens is 2. The van der Waals surface area contributed by atoms with Gasteiger partial charge in [-0.1, -0.05) is 44.2 Å². The standard InChI is InChI=1S/C17H23N3O2/c1-12(2)13(3)19-15(21)11-20-10-9-18-17(20)16(22)14-7-5-4-6-8-14/h4-10,12-13,16,22H,11H2,1-3H3,(H,19,21). The number of aliphatic hydroxyl groups is 1. The van der Waals surface area contributed by atoms with E-state index in [1.807, 2.05) is 37.3 Å². The van der Waals surface area contributed by atoms with Crippen molar-refractivity contribution in [2.45, 2.75) is 39.5 Å². The van der Waals surface area contributed by atoms with Crippen LogP contribution in [0.4, 0.5) is 0 Å². The van der Waals surface area contributed by atoms with Gasteiger partial charge in [-0.05, 0) is 18.4 Å². The zero-order valence-electron chi connectivity index (χ0n) is 13.2. The number of nitrogens with zero attached hydrogens (tertiary/aromatic N) is 2. The molecule has 0 aliphatic carbocycles. The number of hydrogen-bond donors (Lipinski definition) is 2. The third-order valence-electron chi connectivity index (χ3n) is 3.81. The van der Waals surface area contributed by atoms with E-state index in [2.05, 4.69) is 24.1 Å². The predicted octanol–water partition coefficient (Wildman–Crippen LogP) is 2.13. The highest BCUT2D eigenvalue weighted by Crippen LogP contribution is 2.20. The Kier molecular flexibility index (Phi) is 5.33. The first-order valence-electron chi connectivity index (χ1n) is 7.52. The predicted molar refractivity (Wildman–Crippen MR) is 85.2 cm³/mol. The van der Waals surface area contributed by atoms with E-state index < -0.39 is 6.10 Å². The first-order chi connectivity index (χ1) is 10.5. The van der Waals surface area contributed by atoms with Crippen molar-refractivity contribution in [1.82, 2.24) is 14.9 Å². The van der Waals surface area contributed by atoms with Crippen molar-refractivity contribution >= 4 is 5.91 Å². The molecule has 22 heavy (non-hydrogen) atoms. The number of carbonyl (C=O) groups is 1. The van der Waals surface area contributed by atoms with Crippen LogP contribution in [0.15, 0.2) is 42.7 Å². The van der Waals surface area contributed by atoms with Gasteiger partial charge in [-0.2, -0.15) is 0 Å². The molecule has 1 heterocycles. The first kappa shape index (κ1) is 16.2. The van der Waals surface area contributed by atoms with E-state index >= 15 is 0 Å². The Bertz CT molecular complexity index is 607. The van der Waals surface area contributed by atoms with E-state index in [-0.39, 0.29) is 18.5 Å². The molecule has 2 atom stereocenters. The molecule has 0 fully saturated rings. The molecule has 2 N–H and O–H groups in total. The topological polar surface area (TPSA) is 67.2 Å². The second-order valence-corrected chi connectivity index (χ2v) is 5.83. The zero-order valence-corrected chi connectivity index (χ0v) is 13.2. The Balaban J connectivity index is 2.08. The molecule has 0 bridgehead atoms. The molecule has 118 valence electrons. The van der Waals surface area contributed by atoms with Crippen LogP contribution in [-0.4, -0.2) is 26.6 Å². The number of amides is 1. The third-order valence-corrected chi connectivity index (χ3v) is 3.81. The van der Waals surface area contributed by atoms with Gasteiger partial charge in [0, 0.05) is 18.4 Å². The average molecular weight is 301 g/mol. The third kappa shape index (κ3) is 3.95. The van der Waals surface area contributed by atoms with Crippen molar-refractivity contribution < 1.29 is 9.90 Å². The molecule has 0 saturated heterocycles. The summed E-state index contributed by atoms with van der Waals surface area (Å²) in [6.45, 7) is 6.26. The molecule has 0 spiro atoms. The monoisotopic (exact) mass is 301 g/mol. The highest BCUT2D eigenvalue weighted by molar-refractivity contribution is 5.76. The fourth-order valence-electron chi connectivity index (χ4n) is 2.11. The summed E-state index contributed by atoms with van der Waals surface area (Å²) in [5, 5.41) is 13.4. The molecule has 2 rings (SSSR count). The van der Waals surface area contributed by atoms with Gasteiger partial charge in [-0.25, -0.2) is 4.98 Å². The maximum absolute atomic E-state index is 12.1. The number of aliphatic hydroxyl groups excluding tert-OH is 1. The van der Waals surface area contributed by atoms with Crippen molar-refractivity contribution in [3.8, 4) is 0 Å². The van der Waals surface area contributed by atoms with Gasteiger partial charge in [0.05, 0.1) is 0 Å². The molecular weight excluding hydrogens is 278 g/mol. The molecular formula is C17H23N3O2. The normalized spacial score (nSPS) is 13.9. The summed E-state index contributed by atoms with van der Waals surface area (Å²) in [4.78, 5) is 16.3. The number of hydrogen-bond acceptors (Lipinski definition) is 3. The van der Waals surface area contributed by atoms with Crippen molar-refractivity contribution in [2.75, 3.05) is 0 Å². The van der Waals surface area contributed by atoms with E-state index in [9.17, 15) is 9.90 Å². The van der Waals surface area contributed by atoms with E-state index in [4.69, 9.17) is 0 Å². The molecule has 5 nitrogen and oxygen atoms in total. The largest absolute Gasteiger partial charge is 0.380 e. The number of imidazole rings is 1. The summed E-state index contributed by atoms with van der Waals surface area (Å²) in [5.74, 6) is 0.764. The van der Waals surface area contributed by atoms with E-state index in [1.165, 1.54) is 0 Å². The lowest BCUT2D eigenvalue weighted by molar-refractivity contribution is -0.122. The minimum atomic E-state index is -0.841. The fourth-order valence-corrected chi connectivity index (χ4v) is 2.11. The summed E-state index contributed by atoms with van der Waals surface area (Å²) in [6.07, 6.45) is 2.47. The molecule has 0 aliphatic rings. The van der Waals surface area contributed by atoms with Crippen molar-refractivity contribution in [3.63, 3.8) is 0 Å². The van der Waals surface area contributed by atoms with Gasteiger partial charge in [0.1, 0.15) is 18.5 Å². The Morgan fingerprint density at radius 2 is 1.95 bits per heavy atom. The molecule has 1 aromatic carbocycles. The second kappa shape index (κ2) is 7.22. The summed E-state index contributed by atoms with van der Waals surface area (Å²) < 4.78 is 1.68. The Morgan fingerprint density at radius 1 is 1.27 bits per heavy atom. The first-order valence-corrected chi connectivity index (χ1v) is 7.52. The van der Waals surface area contributed by atoms with Gasteiger partial charge in [0.2, 0.25) is 5.91 Å². The number of benzene rings is 1. The summed E-state index contributed by atoms with van der Waals surface area (Å²) in [5.41, 5.74) is 0.755. The lowest BCUT2D eigenvalue weighted by atomic mass is 10.1. The molecule has 1 amide bonds.